The number of alkyl halides is 3. The Morgan fingerprint density at radius 2 is 1.82 bits per heavy atom. The molecule has 0 aromatic heterocycles. The van der Waals surface area contributed by atoms with Gasteiger partial charge in [-0.15, -0.1) is 13.2 Å². The van der Waals surface area contributed by atoms with Crippen LogP contribution in [0.3, 0.4) is 0 Å². The third-order valence-electron chi connectivity index (χ3n) is 5.57. The van der Waals surface area contributed by atoms with Crippen molar-refractivity contribution in [2.45, 2.75) is 88.2 Å². The highest BCUT2D eigenvalue weighted by molar-refractivity contribution is 7.89. The lowest BCUT2D eigenvalue weighted by atomic mass is 9.98. The summed E-state index contributed by atoms with van der Waals surface area (Å²) >= 11 is 0. The molecule has 3 amide bonds. The topological polar surface area (TPSA) is 178 Å². The Hall–Kier alpha value is -3.40. The number of nitrogens with one attached hydrogen (secondary N) is 3. The number of hydrogen-bond donors (Lipinski definition) is 4. The number of hydrazone groups is 1. The highest BCUT2D eigenvalue weighted by atomic mass is 32.2. The van der Waals surface area contributed by atoms with E-state index in [0.29, 0.717) is 6.07 Å². The Kier molecular flexibility index (Phi) is 11.3. The molecule has 0 heterocycles. The summed E-state index contributed by atoms with van der Waals surface area (Å²) in [6, 6.07) is 0.281. The zero-order valence-corrected chi connectivity index (χ0v) is 23.1. The van der Waals surface area contributed by atoms with E-state index in [9.17, 15) is 36.0 Å². The van der Waals surface area contributed by atoms with E-state index < -0.39 is 69.0 Å². The minimum atomic E-state index is -5.03. The minimum absolute atomic E-state index is 0.00727. The first kappa shape index (κ1) is 32.8. The maximum atomic E-state index is 13.3. The van der Waals surface area contributed by atoms with E-state index in [2.05, 4.69) is 19.9 Å². The summed E-state index contributed by atoms with van der Waals surface area (Å²) in [5.74, 6) is -2.27. The maximum absolute atomic E-state index is 13.3. The molecule has 0 aliphatic heterocycles. The SMILES string of the molecule is CC(C)(C)OC(=O)C[C@@H](C=NNC(N)=O)NC(=O)[C@H](CC1CCCC1)NS(=O)(=O)c1cccc(OC(F)(F)F)c1. The molecule has 0 bridgehead atoms. The number of carbonyl (C=O) groups is 3. The van der Waals surface area contributed by atoms with Crippen LogP contribution in [-0.2, 0) is 24.3 Å². The summed E-state index contributed by atoms with van der Waals surface area (Å²) in [4.78, 5) is 36.2. The van der Waals surface area contributed by atoms with Gasteiger partial charge in [0.2, 0.25) is 15.9 Å². The van der Waals surface area contributed by atoms with Crippen LogP contribution in [0.15, 0.2) is 34.3 Å². The lowest BCUT2D eigenvalue weighted by Gasteiger charge is -2.25. The van der Waals surface area contributed by atoms with Gasteiger partial charge in [0.25, 0.3) is 0 Å². The lowest BCUT2D eigenvalue weighted by Crippen LogP contribution is -2.51. The Morgan fingerprint density at radius 1 is 1.18 bits per heavy atom. The number of nitrogens with two attached hydrogens (primary N) is 1. The molecule has 1 aromatic carbocycles. The third-order valence-corrected chi connectivity index (χ3v) is 7.04. The van der Waals surface area contributed by atoms with Crippen LogP contribution in [0, 0.1) is 5.92 Å². The van der Waals surface area contributed by atoms with Crippen molar-refractivity contribution in [2.75, 3.05) is 0 Å². The third kappa shape index (κ3) is 12.2. The maximum Gasteiger partial charge on any atom is 0.573 e. The number of halogens is 3. The molecule has 16 heteroatoms. The predicted octanol–water partition coefficient (Wildman–Crippen LogP) is 2.68. The van der Waals surface area contributed by atoms with Gasteiger partial charge >= 0.3 is 18.4 Å². The number of esters is 1. The minimum Gasteiger partial charge on any atom is -0.460 e. The molecule has 1 saturated carbocycles. The monoisotopic (exact) mass is 593 g/mol. The lowest BCUT2D eigenvalue weighted by molar-refractivity contribution is -0.274. The molecule has 5 N–H and O–H groups in total. The van der Waals surface area contributed by atoms with Crippen LogP contribution in [0.25, 0.3) is 0 Å². The van der Waals surface area contributed by atoms with Crippen molar-refractivity contribution in [1.82, 2.24) is 15.5 Å². The number of amides is 3. The average Bonchev–Trinajstić information content (AvgIpc) is 3.29. The fourth-order valence-electron chi connectivity index (χ4n) is 4.06. The van der Waals surface area contributed by atoms with E-state index in [0.717, 1.165) is 50.1 Å². The largest absolute Gasteiger partial charge is 0.573 e. The van der Waals surface area contributed by atoms with Gasteiger partial charge in [0.15, 0.2) is 0 Å². The van der Waals surface area contributed by atoms with Gasteiger partial charge in [-0.2, -0.15) is 9.82 Å². The van der Waals surface area contributed by atoms with E-state index in [1.807, 2.05) is 5.43 Å². The van der Waals surface area contributed by atoms with Crippen LogP contribution in [0.2, 0.25) is 0 Å². The second-order valence-corrected chi connectivity index (χ2v) is 12.0. The second kappa shape index (κ2) is 13.8. The predicted molar refractivity (Wildman–Crippen MR) is 137 cm³/mol. The molecule has 12 nitrogen and oxygen atoms in total. The number of benzene rings is 1. The molecular formula is C24H34F3N5O7S. The zero-order valence-electron chi connectivity index (χ0n) is 22.3. The van der Waals surface area contributed by atoms with E-state index in [4.69, 9.17) is 10.5 Å². The fraction of sp³-hybridized carbons (Fsp3) is 0.583. The van der Waals surface area contributed by atoms with Gasteiger partial charge in [0.1, 0.15) is 17.4 Å². The highest BCUT2D eigenvalue weighted by Gasteiger charge is 2.33. The van der Waals surface area contributed by atoms with Crippen LogP contribution >= 0.6 is 0 Å². The molecule has 1 fully saturated rings. The van der Waals surface area contributed by atoms with Crippen molar-refractivity contribution in [2.24, 2.45) is 16.8 Å². The summed E-state index contributed by atoms with van der Waals surface area (Å²) in [7, 11) is -4.49. The van der Waals surface area contributed by atoms with Gasteiger partial charge in [-0.25, -0.2) is 18.6 Å². The second-order valence-electron chi connectivity index (χ2n) is 10.2. The highest BCUT2D eigenvalue weighted by Crippen LogP contribution is 2.30. The number of rotatable bonds is 12. The molecule has 0 unspecified atom stereocenters. The molecule has 1 aromatic rings. The molecule has 40 heavy (non-hydrogen) atoms. The number of carbonyl (C=O) groups excluding carboxylic acids is 3. The Balaban J connectivity index is 2.29. The molecule has 2 atom stereocenters. The number of urea groups is 1. The molecule has 0 radical (unpaired) electrons. The first-order valence-corrected chi connectivity index (χ1v) is 13.9. The number of nitrogens with zero attached hydrogens (tertiary/aromatic N) is 1. The molecule has 0 spiro atoms. The van der Waals surface area contributed by atoms with Gasteiger partial charge in [0.05, 0.1) is 17.4 Å². The molecule has 2 rings (SSSR count). The summed E-state index contributed by atoms with van der Waals surface area (Å²) in [6.07, 6.45) is -1.01. The summed E-state index contributed by atoms with van der Waals surface area (Å²) < 4.78 is 75.5. The molecule has 224 valence electrons. The van der Waals surface area contributed by atoms with Crippen LogP contribution in [0.4, 0.5) is 18.0 Å². The summed E-state index contributed by atoms with van der Waals surface area (Å²) in [5, 5.41) is 6.10. The Labute approximate surface area is 230 Å². The van der Waals surface area contributed by atoms with Gasteiger partial charge in [-0.1, -0.05) is 31.7 Å². The van der Waals surface area contributed by atoms with E-state index in [1.54, 1.807) is 20.8 Å². The van der Waals surface area contributed by atoms with Crippen molar-refractivity contribution >= 4 is 34.1 Å². The smallest absolute Gasteiger partial charge is 0.460 e. The number of primary amides is 1. The van der Waals surface area contributed by atoms with Crippen molar-refractivity contribution in [3.63, 3.8) is 0 Å². The first-order chi connectivity index (χ1) is 18.4. The van der Waals surface area contributed by atoms with Crippen molar-refractivity contribution < 1.29 is 45.4 Å². The Morgan fingerprint density at radius 3 is 2.40 bits per heavy atom. The number of ether oxygens (including phenoxy) is 2. The van der Waals surface area contributed by atoms with Crippen LogP contribution < -0.4 is 25.9 Å². The van der Waals surface area contributed by atoms with Gasteiger partial charge in [-0.05, 0) is 45.2 Å². The normalized spacial score (nSPS) is 16.4. The fourth-order valence-corrected chi connectivity index (χ4v) is 5.30. The number of sulfonamides is 1. The number of hydrogen-bond acceptors (Lipinski definition) is 8. The van der Waals surface area contributed by atoms with Crippen molar-refractivity contribution in [1.29, 1.82) is 0 Å². The molecular weight excluding hydrogens is 559 g/mol. The van der Waals surface area contributed by atoms with Crippen molar-refractivity contribution in [3.8, 4) is 5.75 Å². The Bertz CT molecular complexity index is 1180. The average molecular weight is 594 g/mol. The van der Waals surface area contributed by atoms with Gasteiger partial charge in [-0.3, -0.25) is 9.59 Å². The quantitative estimate of drug-likeness (QED) is 0.163. The first-order valence-electron chi connectivity index (χ1n) is 12.4. The zero-order chi connectivity index (χ0) is 30.1. The van der Waals surface area contributed by atoms with Gasteiger partial charge in [0, 0.05) is 12.3 Å². The van der Waals surface area contributed by atoms with Crippen LogP contribution in [0.1, 0.15) is 59.3 Å². The standard InChI is InChI=1S/C24H34F3N5O7S/c1-23(2,3)39-20(33)12-16(14-29-31-22(28)35)30-21(34)19(11-15-7-4-5-8-15)32-40(36,37)18-10-6-9-17(13-18)38-24(25,26)27/h6,9-10,13-16,19,32H,4-5,7-8,11-12H2,1-3H3,(H,30,34)(H3,28,31,35)/t16-,19-/m0/s1. The van der Waals surface area contributed by atoms with E-state index >= 15 is 0 Å². The van der Waals surface area contributed by atoms with E-state index in [-0.39, 0.29) is 12.3 Å². The van der Waals surface area contributed by atoms with Crippen LogP contribution in [-0.4, -0.2) is 56.6 Å². The molecule has 1 aliphatic rings. The summed E-state index contributed by atoms with van der Waals surface area (Å²) in [6.45, 7) is 4.92. The van der Waals surface area contributed by atoms with E-state index in [1.165, 1.54) is 0 Å². The van der Waals surface area contributed by atoms with Crippen molar-refractivity contribution in [3.05, 3.63) is 24.3 Å². The van der Waals surface area contributed by atoms with Crippen LogP contribution in [0.5, 0.6) is 5.75 Å². The van der Waals surface area contributed by atoms with Gasteiger partial charge < -0.3 is 20.5 Å². The molecule has 0 saturated heterocycles. The summed E-state index contributed by atoms with van der Waals surface area (Å²) in [5.41, 5.74) is 6.09. The molecule has 1 aliphatic carbocycles.